The molecule has 0 aliphatic carbocycles. The van der Waals surface area contributed by atoms with Gasteiger partial charge in [-0.25, -0.2) is 4.39 Å². The van der Waals surface area contributed by atoms with E-state index in [1.54, 1.807) is 30.3 Å². The van der Waals surface area contributed by atoms with Crippen LogP contribution in [0.15, 0.2) is 48.5 Å². The Bertz CT molecular complexity index is 567. The van der Waals surface area contributed by atoms with Crippen molar-refractivity contribution < 1.29 is 19.0 Å². The number of carboxylic acid groups (broad SMARTS) is 1. The normalized spacial score (nSPS) is 10.2. The van der Waals surface area contributed by atoms with Gasteiger partial charge in [0.1, 0.15) is 5.75 Å². The number of carbonyl (C=O) groups is 1. The first kappa shape index (κ1) is 13.1. The van der Waals surface area contributed by atoms with Gasteiger partial charge in [-0.1, -0.05) is 24.3 Å². The molecule has 2 rings (SSSR count). The Morgan fingerprint density at radius 3 is 2.58 bits per heavy atom. The molecule has 0 saturated carbocycles. The predicted molar refractivity (Wildman–Crippen MR) is 68.9 cm³/mol. The lowest BCUT2D eigenvalue weighted by Gasteiger charge is -2.08. The monoisotopic (exact) mass is 260 g/mol. The number of hydrogen-bond donors (Lipinski definition) is 1. The van der Waals surface area contributed by atoms with Crippen LogP contribution < -0.4 is 4.74 Å². The molecule has 0 aromatic heterocycles. The van der Waals surface area contributed by atoms with Gasteiger partial charge in [0.05, 0.1) is 0 Å². The minimum Gasteiger partial charge on any atom is -0.481 e. The summed E-state index contributed by atoms with van der Waals surface area (Å²) in [7, 11) is 0. The van der Waals surface area contributed by atoms with Crippen molar-refractivity contribution in [2.75, 3.05) is 0 Å². The zero-order valence-corrected chi connectivity index (χ0v) is 10.2. The molecular weight excluding hydrogens is 247 g/mol. The van der Waals surface area contributed by atoms with E-state index in [2.05, 4.69) is 0 Å². The Morgan fingerprint density at radius 1 is 1.16 bits per heavy atom. The number of para-hydroxylation sites is 1. The molecule has 0 heterocycles. The highest BCUT2D eigenvalue weighted by Crippen LogP contribution is 2.25. The Hall–Kier alpha value is -2.36. The highest BCUT2D eigenvalue weighted by Gasteiger charge is 2.07. The van der Waals surface area contributed by atoms with Crippen LogP contribution in [0.1, 0.15) is 12.0 Å². The molecule has 19 heavy (non-hydrogen) atoms. The summed E-state index contributed by atoms with van der Waals surface area (Å²) >= 11 is 0. The van der Waals surface area contributed by atoms with Crippen LogP contribution in [0.3, 0.4) is 0 Å². The minimum absolute atomic E-state index is 0.0103. The average molecular weight is 260 g/mol. The lowest BCUT2D eigenvalue weighted by molar-refractivity contribution is -0.136. The molecule has 0 amide bonds. The summed E-state index contributed by atoms with van der Waals surface area (Å²) < 4.78 is 19.0. The van der Waals surface area contributed by atoms with Crippen molar-refractivity contribution in [1.29, 1.82) is 0 Å². The number of halogens is 1. The summed E-state index contributed by atoms with van der Waals surface area (Å²) in [4.78, 5) is 10.5. The van der Waals surface area contributed by atoms with E-state index in [1.807, 2.05) is 6.07 Å². The SMILES string of the molecule is O=C(O)CCc1ccc(F)c(Oc2ccccc2)c1. The van der Waals surface area contributed by atoms with E-state index in [0.29, 0.717) is 12.2 Å². The van der Waals surface area contributed by atoms with Gasteiger partial charge in [0.25, 0.3) is 0 Å². The van der Waals surface area contributed by atoms with Gasteiger partial charge in [0.15, 0.2) is 11.6 Å². The highest BCUT2D eigenvalue weighted by atomic mass is 19.1. The summed E-state index contributed by atoms with van der Waals surface area (Å²) in [5.74, 6) is -0.705. The molecule has 2 aromatic rings. The third-order valence-electron chi connectivity index (χ3n) is 2.59. The minimum atomic E-state index is -0.880. The van der Waals surface area contributed by atoms with E-state index in [0.717, 1.165) is 5.56 Å². The van der Waals surface area contributed by atoms with Gasteiger partial charge in [0, 0.05) is 6.42 Å². The van der Waals surface area contributed by atoms with Gasteiger partial charge in [-0.15, -0.1) is 0 Å². The number of hydrogen-bond acceptors (Lipinski definition) is 2. The Kier molecular flexibility index (Phi) is 4.13. The van der Waals surface area contributed by atoms with Crippen LogP contribution in [0, 0.1) is 5.82 Å². The Balaban J connectivity index is 2.15. The average Bonchev–Trinajstić information content (AvgIpc) is 2.41. The molecule has 0 radical (unpaired) electrons. The number of benzene rings is 2. The number of carboxylic acids is 1. The van der Waals surface area contributed by atoms with E-state index in [1.165, 1.54) is 12.1 Å². The fourth-order valence-corrected chi connectivity index (χ4v) is 1.65. The van der Waals surface area contributed by atoms with Gasteiger partial charge >= 0.3 is 5.97 Å². The maximum Gasteiger partial charge on any atom is 0.303 e. The van der Waals surface area contributed by atoms with Gasteiger partial charge in [0.2, 0.25) is 0 Å². The molecule has 1 N–H and O–H groups in total. The highest BCUT2D eigenvalue weighted by molar-refractivity contribution is 5.67. The molecule has 0 saturated heterocycles. The maximum absolute atomic E-state index is 13.6. The third kappa shape index (κ3) is 3.81. The first-order chi connectivity index (χ1) is 9.15. The lowest BCUT2D eigenvalue weighted by Crippen LogP contribution is -1.98. The van der Waals surface area contributed by atoms with Crippen LogP contribution in [-0.4, -0.2) is 11.1 Å². The molecule has 0 atom stereocenters. The predicted octanol–water partition coefficient (Wildman–Crippen LogP) is 3.64. The molecule has 0 fully saturated rings. The van der Waals surface area contributed by atoms with Crippen LogP contribution in [0.4, 0.5) is 4.39 Å². The van der Waals surface area contributed by atoms with E-state index >= 15 is 0 Å². The van der Waals surface area contributed by atoms with Gasteiger partial charge in [-0.05, 0) is 36.2 Å². The smallest absolute Gasteiger partial charge is 0.303 e. The molecule has 0 aliphatic rings. The fourth-order valence-electron chi connectivity index (χ4n) is 1.65. The Labute approximate surface area is 110 Å². The zero-order chi connectivity index (χ0) is 13.7. The van der Waals surface area contributed by atoms with Crippen LogP contribution in [0.5, 0.6) is 11.5 Å². The molecule has 4 heteroatoms. The third-order valence-corrected chi connectivity index (χ3v) is 2.59. The number of aryl methyl sites for hydroxylation is 1. The van der Waals surface area contributed by atoms with Crippen molar-refractivity contribution in [2.24, 2.45) is 0 Å². The summed E-state index contributed by atoms with van der Waals surface area (Å²) in [5.41, 5.74) is 0.731. The van der Waals surface area contributed by atoms with Crippen molar-refractivity contribution in [3.05, 3.63) is 59.9 Å². The van der Waals surface area contributed by atoms with E-state index in [9.17, 15) is 9.18 Å². The molecule has 0 spiro atoms. The molecular formula is C15H13FO3. The van der Waals surface area contributed by atoms with E-state index in [-0.39, 0.29) is 12.2 Å². The van der Waals surface area contributed by atoms with Crippen molar-refractivity contribution in [2.45, 2.75) is 12.8 Å². The van der Waals surface area contributed by atoms with Gasteiger partial charge in [-0.2, -0.15) is 0 Å². The van der Waals surface area contributed by atoms with Crippen LogP contribution >= 0.6 is 0 Å². The van der Waals surface area contributed by atoms with Crippen molar-refractivity contribution in [3.63, 3.8) is 0 Å². The van der Waals surface area contributed by atoms with E-state index < -0.39 is 11.8 Å². The fraction of sp³-hybridized carbons (Fsp3) is 0.133. The van der Waals surface area contributed by atoms with Crippen molar-refractivity contribution in [3.8, 4) is 11.5 Å². The number of aliphatic carboxylic acids is 1. The summed E-state index contributed by atoms with van der Waals surface area (Å²) in [5, 5.41) is 8.63. The Morgan fingerprint density at radius 2 is 1.89 bits per heavy atom. The molecule has 0 bridgehead atoms. The van der Waals surface area contributed by atoms with Crippen molar-refractivity contribution >= 4 is 5.97 Å². The summed E-state index contributed by atoms with van der Waals surface area (Å²) in [6.07, 6.45) is 0.358. The van der Waals surface area contributed by atoms with Crippen LogP contribution in [0.2, 0.25) is 0 Å². The maximum atomic E-state index is 13.6. The molecule has 3 nitrogen and oxygen atoms in total. The van der Waals surface area contributed by atoms with Crippen molar-refractivity contribution in [1.82, 2.24) is 0 Å². The molecule has 2 aromatic carbocycles. The first-order valence-corrected chi connectivity index (χ1v) is 5.88. The first-order valence-electron chi connectivity index (χ1n) is 5.88. The standard InChI is InChI=1S/C15H13FO3/c16-13-8-6-11(7-9-15(17)18)10-14(13)19-12-4-2-1-3-5-12/h1-6,8,10H,7,9H2,(H,17,18). The summed E-state index contributed by atoms with van der Waals surface area (Å²) in [6, 6.07) is 13.3. The van der Waals surface area contributed by atoms with Gasteiger partial charge in [-0.3, -0.25) is 4.79 Å². The van der Waals surface area contributed by atoms with Gasteiger partial charge < -0.3 is 9.84 Å². The zero-order valence-electron chi connectivity index (χ0n) is 10.2. The van der Waals surface area contributed by atoms with E-state index in [4.69, 9.17) is 9.84 Å². The molecule has 98 valence electrons. The van der Waals surface area contributed by atoms with Crippen LogP contribution in [0.25, 0.3) is 0 Å². The molecule has 0 unspecified atom stereocenters. The number of rotatable bonds is 5. The molecule has 0 aliphatic heterocycles. The lowest BCUT2D eigenvalue weighted by atomic mass is 10.1. The summed E-state index contributed by atoms with van der Waals surface area (Å²) in [6.45, 7) is 0. The largest absolute Gasteiger partial charge is 0.481 e. The second kappa shape index (κ2) is 6.00. The second-order valence-corrected chi connectivity index (χ2v) is 4.07. The second-order valence-electron chi connectivity index (χ2n) is 4.07. The topological polar surface area (TPSA) is 46.5 Å². The number of ether oxygens (including phenoxy) is 1. The van der Waals surface area contributed by atoms with Crippen LogP contribution in [-0.2, 0) is 11.2 Å². The quantitative estimate of drug-likeness (QED) is 0.892.